The zero-order valence-electron chi connectivity index (χ0n) is 15.4. The van der Waals surface area contributed by atoms with E-state index in [9.17, 15) is 13.2 Å². The molecular weight excluding hydrogens is 386 g/mol. The van der Waals surface area contributed by atoms with Crippen molar-refractivity contribution in [3.63, 3.8) is 0 Å². The fraction of sp³-hybridized carbons (Fsp3) is 0.421. The molecule has 1 amide bonds. The van der Waals surface area contributed by atoms with Gasteiger partial charge in [-0.05, 0) is 43.9 Å². The van der Waals surface area contributed by atoms with Crippen LogP contribution in [-0.2, 0) is 10.0 Å². The van der Waals surface area contributed by atoms with Gasteiger partial charge in [-0.25, -0.2) is 8.42 Å². The molecule has 2 N–H and O–H groups in total. The van der Waals surface area contributed by atoms with E-state index in [1.54, 1.807) is 46.6 Å². The summed E-state index contributed by atoms with van der Waals surface area (Å²) in [5.41, 5.74) is 7.33. The molecule has 0 saturated carbocycles. The van der Waals surface area contributed by atoms with Crippen LogP contribution in [-0.4, -0.2) is 44.8 Å². The maximum atomic E-state index is 13.4. The number of carbonyl (C=O) groups is 1. The first-order chi connectivity index (χ1) is 12.3. The zero-order chi connectivity index (χ0) is 18.6. The number of sulfonamides is 1. The summed E-state index contributed by atoms with van der Waals surface area (Å²) in [4.78, 5) is 14.3. The van der Waals surface area contributed by atoms with Crippen LogP contribution in [0, 0.1) is 5.92 Å². The van der Waals surface area contributed by atoms with Crippen LogP contribution >= 0.6 is 12.4 Å². The summed E-state index contributed by atoms with van der Waals surface area (Å²) in [7, 11) is -1.94. The third kappa shape index (κ3) is 3.02. The molecule has 2 atom stereocenters. The monoisotopic (exact) mass is 409 g/mol. The Morgan fingerprint density at radius 2 is 1.96 bits per heavy atom. The van der Waals surface area contributed by atoms with E-state index in [0.717, 1.165) is 23.9 Å². The quantitative estimate of drug-likeness (QED) is 0.844. The second-order valence-electron chi connectivity index (χ2n) is 7.30. The Morgan fingerprint density at radius 1 is 1.22 bits per heavy atom. The molecule has 2 aliphatic rings. The number of nitrogens with two attached hydrogens (primary N) is 1. The lowest BCUT2D eigenvalue weighted by Gasteiger charge is -2.34. The van der Waals surface area contributed by atoms with E-state index >= 15 is 0 Å². The number of hydrogen-bond donors (Lipinski definition) is 1. The highest BCUT2D eigenvalue weighted by Gasteiger charge is 2.35. The summed E-state index contributed by atoms with van der Waals surface area (Å²) in [6.45, 7) is 2.89. The second kappa shape index (κ2) is 7.05. The largest absolute Gasteiger partial charge is 0.328 e. The van der Waals surface area contributed by atoms with Gasteiger partial charge >= 0.3 is 0 Å². The third-order valence-corrected chi connectivity index (χ3v) is 7.58. The SMILES string of the molecule is CC(N)C1CCCN(S(=O)(=O)c2ccc3c4c(cccc24)C(=O)N3C)C1.Cl. The average Bonchev–Trinajstić information content (AvgIpc) is 2.89. The van der Waals surface area contributed by atoms with Gasteiger partial charge in [-0.15, -0.1) is 12.4 Å². The number of amides is 1. The average molecular weight is 410 g/mol. The predicted octanol–water partition coefficient (Wildman–Crippen LogP) is 2.60. The van der Waals surface area contributed by atoms with Crippen molar-refractivity contribution in [1.82, 2.24) is 4.31 Å². The van der Waals surface area contributed by atoms with Crippen LogP contribution in [0.5, 0.6) is 0 Å². The summed E-state index contributed by atoms with van der Waals surface area (Å²) >= 11 is 0. The normalized spacial score (nSPS) is 21.4. The molecule has 0 aliphatic carbocycles. The number of benzene rings is 2. The molecule has 2 aromatic rings. The molecule has 2 aromatic carbocycles. The van der Waals surface area contributed by atoms with E-state index in [1.807, 2.05) is 6.92 Å². The van der Waals surface area contributed by atoms with E-state index in [4.69, 9.17) is 5.73 Å². The Balaban J connectivity index is 0.00000210. The van der Waals surface area contributed by atoms with Crippen molar-refractivity contribution >= 4 is 44.8 Å². The van der Waals surface area contributed by atoms with Crippen LogP contribution in [0.1, 0.15) is 30.1 Å². The molecule has 0 radical (unpaired) electrons. The number of piperidine rings is 1. The van der Waals surface area contributed by atoms with Gasteiger partial charge in [-0.1, -0.05) is 12.1 Å². The lowest BCUT2D eigenvalue weighted by molar-refractivity contribution is 0.0999. The molecule has 0 spiro atoms. The minimum Gasteiger partial charge on any atom is -0.328 e. The minimum absolute atomic E-state index is 0. The highest BCUT2D eigenvalue weighted by molar-refractivity contribution is 7.89. The van der Waals surface area contributed by atoms with Gasteiger partial charge in [0.05, 0.1) is 10.6 Å². The van der Waals surface area contributed by atoms with Gasteiger partial charge in [0.2, 0.25) is 10.0 Å². The Hall–Kier alpha value is -1.67. The summed E-state index contributed by atoms with van der Waals surface area (Å²) in [5, 5.41) is 1.34. The van der Waals surface area contributed by atoms with Crippen molar-refractivity contribution in [2.75, 3.05) is 25.0 Å². The fourth-order valence-corrected chi connectivity index (χ4v) is 5.82. The van der Waals surface area contributed by atoms with Crippen molar-refractivity contribution in [1.29, 1.82) is 0 Å². The van der Waals surface area contributed by atoms with Crippen LogP contribution in [0.25, 0.3) is 10.8 Å². The topological polar surface area (TPSA) is 83.7 Å². The van der Waals surface area contributed by atoms with Crippen LogP contribution in [0.3, 0.4) is 0 Å². The first-order valence-electron chi connectivity index (χ1n) is 8.92. The van der Waals surface area contributed by atoms with Crippen molar-refractivity contribution in [2.45, 2.75) is 30.7 Å². The van der Waals surface area contributed by atoms with E-state index in [0.29, 0.717) is 24.0 Å². The fourth-order valence-electron chi connectivity index (χ4n) is 4.09. The summed E-state index contributed by atoms with van der Waals surface area (Å²) in [5.74, 6) is 0.0677. The molecule has 0 bridgehead atoms. The van der Waals surface area contributed by atoms with Crippen molar-refractivity contribution in [2.24, 2.45) is 11.7 Å². The third-order valence-electron chi connectivity index (χ3n) is 5.66. The number of nitrogens with zero attached hydrogens (tertiary/aromatic N) is 2. The van der Waals surface area contributed by atoms with Gasteiger partial charge in [0.25, 0.3) is 5.91 Å². The maximum Gasteiger partial charge on any atom is 0.258 e. The van der Waals surface area contributed by atoms with Crippen LogP contribution in [0.2, 0.25) is 0 Å². The Bertz CT molecular complexity index is 1010. The summed E-state index contributed by atoms with van der Waals surface area (Å²) in [6.07, 6.45) is 1.76. The zero-order valence-corrected chi connectivity index (χ0v) is 17.0. The summed E-state index contributed by atoms with van der Waals surface area (Å²) in [6, 6.07) is 8.61. The Labute approximate surface area is 165 Å². The van der Waals surface area contributed by atoms with Crippen molar-refractivity contribution in [3.05, 3.63) is 35.9 Å². The molecule has 4 rings (SSSR count). The van der Waals surface area contributed by atoms with Crippen LogP contribution in [0.4, 0.5) is 5.69 Å². The van der Waals surface area contributed by atoms with E-state index in [1.165, 1.54) is 0 Å². The van der Waals surface area contributed by atoms with Crippen LogP contribution in [0.15, 0.2) is 35.2 Å². The Morgan fingerprint density at radius 3 is 2.67 bits per heavy atom. The smallest absolute Gasteiger partial charge is 0.258 e. The minimum atomic E-state index is -3.65. The van der Waals surface area contributed by atoms with Gasteiger partial charge in [-0.2, -0.15) is 4.31 Å². The standard InChI is InChI=1S/C19H23N3O3S.ClH/c1-12(20)13-5-4-10-22(11-13)26(24,25)17-9-8-16-18-14(17)6-3-7-15(18)19(23)21(16)2;/h3,6-9,12-13H,4-5,10-11,20H2,1-2H3;1H. The predicted molar refractivity (Wildman–Crippen MR) is 109 cm³/mol. The van der Waals surface area contributed by atoms with E-state index in [-0.39, 0.29) is 35.2 Å². The number of anilines is 1. The lowest BCUT2D eigenvalue weighted by Crippen LogP contribution is -2.45. The van der Waals surface area contributed by atoms with Crippen molar-refractivity contribution < 1.29 is 13.2 Å². The van der Waals surface area contributed by atoms with Gasteiger partial charge < -0.3 is 10.6 Å². The van der Waals surface area contributed by atoms with E-state index in [2.05, 4.69) is 0 Å². The van der Waals surface area contributed by atoms with Crippen LogP contribution < -0.4 is 10.6 Å². The Kier molecular flexibility index (Phi) is 5.24. The molecule has 27 heavy (non-hydrogen) atoms. The molecule has 6 nitrogen and oxygen atoms in total. The molecule has 2 heterocycles. The first kappa shape index (κ1) is 20.1. The lowest BCUT2D eigenvalue weighted by atomic mass is 9.93. The molecule has 0 aromatic heterocycles. The van der Waals surface area contributed by atoms with Gasteiger partial charge in [0.15, 0.2) is 0 Å². The first-order valence-corrected chi connectivity index (χ1v) is 10.4. The van der Waals surface area contributed by atoms with Gasteiger partial charge in [0.1, 0.15) is 0 Å². The highest BCUT2D eigenvalue weighted by atomic mass is 35.5. The van der Waals surface area contributed by atoms with Gasteiger partial charge in [0, 0.05) is 42.5 Å². The summed E-state index contributed by atoms with van der Waals surface area (Å²) < 4.78 is 28.3. The molecule has 1 fully saturated rings. The number of rotatable bonds is 3. The number of carbonyl (C=O) groups excluding carboxylic acids is 1. The molecule has 1 saturated heterocycles. The molecule has 146 valence electrons. The second-order valence-corrected chi connectivity index (χ2v) is 9.21. The van der Waals surface area contributed by atoms with E-state index < -0.39 is 10.0 Å². The molecule has 2 aliphatic heterocycles. The molecule has 2 unspecified atom stereocenters. The van der Waals surface area contributed by atoms with Gasteiger partial charge in [-0.3, -0.25) is 4.79 Å². The highest BCUT2D eigenvalue weighted by Crippen LogP contribution is 2.40. The maximum absolute atomic E-state index is 13.4. The van der Waals surface area contributed by atoms with Crippen molar-refractivity contribution in [3.8, 4) is 0 Å². The molecule has 8 heteroatoms. The number of halogens is 1. The number of hydrogen-bond acceptors (Lipinski definition) is 4. The molecular formula is C19H24ClN3O3S.